The molecule has 0 bridgehead atoms. The van der Waals surface area contributed by atoms with E-state index >= 15 is 0 Å². The van der Waals surface area contributed by atoms with Crippen molar-refractivity contribution in [1.29, 1.82) is 0 Å². The largest absolute Gasteiger partial charge is 0.396 e. The molecule has 1 heteroatoms. The molecule has 1 nitrogen and oxygen atoms in total. The Kier molecular flexibility index (Phi) is 6.35. The predicted octanol–water partition coefficient (Wildman–Crippen LogP) is 7.80. The molecule has 9 atom stereocenters. The molecule has 1 N–H and O–H groups in total. The first kappa shape index (κ1) is 22.6. The van der Waals surface area contributed by atoms with Crippen molar-refractivity contribution < 1.29 is 5.11 Å². The van der Waals surface area contributed by atoms with Crippen molar-refractivity contribution >= 4 is 0 Å². The van der Waals surface area contributed by atoms with Crippen molar-refractivity contribution in [3.05, 3.63) is 23.8 Å². The van der Waals surface area contributed by atoms with E-state index in [1.807, 2.05) is 5.57 Å². The predicted molar refractivity (Wildman–Crippen MR) is 128 cm³/mol. The van der Waals surface area contributed by atoms with Gasteiger partial charge in [0.05, 0.1) is 0 Å². The molecule has 0 spiro atoms. The van der Waals surface area contributed by atoms with Gasteiger partial charge in [0.1, 0.15) is 0 Å². The molecule has 0 aromatic carbocycles. The zero-order valence-electron chi connectivity index (χ0n) is 20.6. The number of fused-ring (bicyclic) bond motifs is 5. The molecule has 0 saturated heterocycles. The van der Waals surface area contributed by atoms with Crippen molar-refractivity contribution in [1.82, 2.24) is 0 Å². The maximum atomic E-state index is 9.44. The van der Waals surface area contributed by atoms with E-state index in [9.17, 15) is 5.11 Å². The molecule has 30 heavy (non-hydrogen) atoms. The quantitative estimate of drug-likeness (QED) is 0.441. The van der Waals surface area contributed by atoms with Crippen LogP contribution in [0.1, 0.15) is 98.8 Å². The van der Waals surface area contributed by atoms with E-state index in [1.54, 1.807) is 0 Å². The number of rotatable bonds is 6. The molecule has 0 radical (unpaired) electrons. The molecule has 0 aromatic heterocycles. The Bertz CT molecular complexity index is 676. The van der Waals surface area contributed by atoms with Crippen LogP contribution in [0.15, 0.2) is 23.8 Å². The van der Waals surface area contributed by atoms with Gasteiger partial charge in [0, 0.05) is 6.61 Å². The molecule has 3 saturated carbocycles. The van der Waals surface area contributed by atoms with Gasteiger partial charge < -0.3 is 5.11 Å². The molecule has 0 heterocycles. The molecule has 170 valence electrons. The van der Waals surface area contributed by atoms with Gasteiger partial charge in [0.25, 0.3) is 0 Å². The summed E-state index contributed by atoms with van der Waals surface area (Å²) in [6, 6.07) is 0. The van der Waals surface area contributed by atoms with Gasteiger partial charge in [-0.3, -0.25) is 0 Å². The Labute approximate surface area is 186 Å². The Morgan fingerprint density at radius 2 is 1.83 bits per heavy atom. The zero-order chi connectivity index (χ0) is 21.7. The highest BCUT2D eigenvalue weighted by Gasteiger charge is 2.58. The van der Waals surface area contributed by atoms with Crippen LogP contribution in [-0.4, -0.2) is 11.7 Å². The fraction of sp³-hybridized carbons (Fsp3) is 0.862. The van der Waals surface area contributed by atoms with Gasteiger partial charge in [0.2, 0.25) is 0 Å². The lowest BCUT2D eigenvalue weighted by Gasteiger charge is -2.58. The van der Waals surface area contributed by atoms with E-state index in [0.29, 0.717) is 10.8 Å². The van der Waals surface area contributed by atoms with Crippen molar-refractivity contribution in [2.75, 3.05) is 6.61 Å². The number of aliphatic hydroxyl groups excluding tert-OH is 1. The molecule has 3 fully saturated rings. The summed E-state index contributed by atoms with van der Waals surface area (Å²) < 4.78 is 0. The summed E-state index contributed by atoms with van der Waals surface area (Å²) in [5.41, 5.74) is 4.23. The molecule has 2 unspecified atom stereocenters. The highest BCUT2D eigenvalue weighted by atomic mass is 16.3. The Hall–Kier alpha value is -0.560. The third-order valence-corrected chi connectivity index (χ3v) is 11.1. The van der Waals surface area contributed by atoms with Crippen molar-refractivity contribution in [2.24, 2.45) is 52.3 Å². The van der Waals surface area contributed by atoms with Crippen LogP contribution in [0.2, 0.25) is 0 Å². The van der Waals surface area contributed by atoms with E-state index in [2.05, 4.69) is 47.3 Å². The van der Waals surface area contributed by atoms with E-state index < -0.39 is 0 Å². The van der Waals surface area contributed by atoms with E-state index in [0.717, 1.165) is 41.9 Å². The number of aliphatic hydroxyl groups is 1. The summed E-state index contributed by atoms with van der Waals surface area (Å²) in [5.74, 6) is 5.44. The van der Waals surface area contributed by atoms with Gasteiger partial charge in [-0.1, -0.05) is 71.3 Å². The lowest BCUT2D eigenvalue weighted by atomic mass is 9.46. The lowest BCUT2D eigenvalue weighted by Crippen LogP contribution is -2.50. The van der Waals surface area contributed by atoms with E-state index in [4.69, 9.17) is 0 Å². The van der Waals surface area contributed by atoms with Gasteiger partial charge in [-0.25, -0.2) is 0 Å². The molecule has 0 aromatic rings. The monoisotopic (exact) mass is 412 g/mol. The second-order valence-corrected chi connectivity index (χ2v) is 12.5. The van der Waals surface area contributed by atoms with Crippen molar-refractivity contribution in [3.8, 4) is 0 Å². The Morgan fingerprint density at radius 1 is 1.10 bits per heavy atom. The van der Waals surface area contributed by atoms with Crippen LogP contribution in [0, 0.1) is 52.3 Å². The molecular formula is C29H48O. The van der Waals surface area contributed by atoms with Crippen LogP contribution in [0.5, 0.6) is 0 Å². The Morgan fingerprint density at radius 3 is 2.57 bits per heavy atom. The molecule has 0 aliphatic heterocycles. The average Bonchev–Trinajstić information content (AvgIpc) is 3.08. The topological polar surface area (TPSA) is 20.2 Å². The standard InChI is InChI=1S/C29H48O/c1-19(22(4)18-30)9-10-21(3)25-13-14-26-23-11-12-24-20(2)8-7-16-28(24,5)27(23)15-17-29(25,26)6/h11,20-22,24-27,30H,1,7-10,12-18H2,2-6H3/t20-,21-,22?,24?,25-,26+,27+,28+,29-/m1/s1. The maximum Gasteiger partial charge on any atom is 0.0493 e. The van der Waals surface area contributed by atoms with Crippen LogP contribution in [0.25, 0.3) is 0 Å². The third kappa shape index (κ3) is 3.56. The number of hydrogen-bond acceptors (Lipinski definition) is 1. The highest BCUT2D eigenvalue weighted by molar-refractivity contribution is 5.28. The zero-order valence-corrected chi connectivity index (χ0v) is 20.6. The first-order chi connectivity index (χ1) is 14.2. The highest BCUT2D eigenvalue weighted by Crippen LogP contribution is 2.67. The summed E-state index contributed by atoms with van der Waals surface area (Å²) in [6.07, 6.45) is 16.6. The van der Waals surface area contributed by atoms with Crippen LogP contribution in [0.4, 0.5) is 0 Å². The van der Waals surface area contributed by atoms with Crippen LogP contribution in [0.3, 0.4) is 0 Å². The van der Waals surface area contributed by atoms with Gasteiger partial charge >= 0.3 is 0 Å². The van der Waals surface area contributed by atoms with Gasteiger partial charge in [-0.2, -0.15) is 0 Å². The number of hydrogen-bond donors (Lipinski definition) is 1. The lowest BCUT2D eigenvalue weighted by molar-refractivity contribution is -0.0285. The van der Waals surface area contributed by atoms with Crippen LogP contribution in [-0.2, 0) is 0 Å². The molecule has 4 rings (SSSR count). The summed E-state index contributed by atoms with van der Waals surface area (Å²) in [7, 11) is 0. The third-order valence-electron chi connectivity index (χ3n) is 11.1. The minimum atomic E-state index is 0.240. The van der Waals surface area contributed by atoms with E-state index in [1.165, 1.54) is 63.4 Å². The average molecular weight is 413 g/mol. The van der Waals surface area contributed by atoms with Crippen LogP contribution < -0.4 is 0 Å². The summed E-state index contributed by atoms with van der Waals surface area (Å²) in [5, 5.41) is 9.44. The molecule has 4 aliphatic carbocycles. The Balaban J connectivity index is 1.49. The fourth-order valence-corrected chi connectivity index (χ4v) is 8.99. The number of allylic oxidation sites excluding steroid dienone is 2. The molecular weight excluding hydrogens is 364 g/mol. The second kappa shape index (κ2) is 8.42. The van der Waals surface area contributed by atoms with Crippen LogP contribution >= 0.6 is 0 Å². The normalized spacial score (nSPS) is 45.0. The van der Waals surface area contributed by atoms with Gasteiger partial charge in [0.15, 0.2) is 0 Å². The van der Waals surface area contributed by atoms with Crippen molar-refractivity contribution in [3.63, 3.8) is 0 Å². The SMILES string of the molecule is C=C(CC[C@@H](C)[C@H]1CC[C@H]2C3=CCC4[C@H](C)CCC[C@]4(C)[C@H]3CC[C@]12C)C(C)CO. The second-order valence-electron chi connectivity index (χ2n) is 12.5. The first-order valence-electron chi connectivity index (χ1n) is 13.2. The minimum absolute atomic E-state index is 0.240. The smallest absolute Gasteiger partial charge is 0.0493 e. The molecule has 0 amide bonds. The summed E-state index contributed by atoms with van der Waals surface area (Å²) >= 11 is 0. The van der Waals surface area contributed by atoms with Crippen molar-refractivity contribution in [2.45, 2.75) is 98.8 Å². The minimum Gasteiger partial charge on any atom is -0.396 e. The maximum absolute atomic E-state index is 9.44. The summed E-state index contributed by atoms with van der Waals surface area (Å²) in [4.78, 5) is 0. The first-order valence-corrected chi connectivity index (χ1v) is 13.2. The molecule has 4 aliphatic rings. The van der Waals surface area contributed by atoms with E-state index in [-0.39, 0.29) is 12.5 Å². The summed E-state index contributed by atoms with van der Waals surface area (Å²) in [6.45, 7) is 17.0. The van der Waals surface area contributed by atoms with Gasteiger partial charge in [-0.05, 0) is 104 Å². The fourth-order valence-electron chi connectivity index (χ4n) is 8.99. The van der Waals surface area contributed by atoms with Gasteiger partial charge in [-0.15, -0.1) is 0 Å².